The maximum atomic E-state index is 12.2. The Kier molecular flexibility index (Phi) is 7.09. The second kappa shape index (κ2) is 9.94. The van der Waals surface area contributed by atoms with E-state index in [0.717, 1.165) is 11.8 Å². The second-order valence-corrected chi connectivity index (χ2v) is 7.27. The molecule has 2 atom stereocenters. The number of aromatic nitrogens is 4. The van der Waals surface area contributed by atoms with Crippen molar-refractivity contribution in [3.05, 3.63) is 39.9 Å². The van der Waals surface area contributed by atoms with Crippen molar-refractivity contribution >= 4 is 35.2 Å². The molecule has 15 heteroatoms. The van der Waals surface area contributed by atoms with Crippen LogP contribution in [-0.2, 0) is 37.6 Å². The highest BCUT2D eigenvalue weighted by molar-refractivity contribution is 7.99. The Balaban J connectivity index is 1.39. The molecule has 1 aromatic carbocycles. The number of β-lactam (4-membered cyclic amide) rings is 1. The van der Waals surface area contributed by atoms with Gasteiger partial charge >= 0.3 is 5.97 Å². The van der Waals surface area contributed by atoms with Gasteiger partial charge in [-0.1, -0.05) is 11.8 Å². The van der Waals surface area contributed by atoms with E-state index in [1.165, 1.54) is 28.9 Å². The van der Waals surface area contributed by atoms with Crippen LogP contribution in [0.25, 0.3) is 0 Å². The van der Waals surface area contributed by atoms with E-state index in [9.17, 15) is 24.5 Å². The molecule has 2 unspecified atom stereocenters. The minimum absolute atomic E-state index is 0.0376. The number of tetrazole rings is 1. The van der Waals surface area contributed by atoms with E-state index in [2.05, 4.69) is 26.3 Å². The molecule has 1 aromatic heterocycles. The Morgan fingerprint density at radius 1 is 1.35 bits per heavy atom. The molecule has 2 heterocycles. The van der Waals surface area contributed by atoms with Crippen LogP contribution in [0.3, 0.4) is 0 Å². The summed E-state index contributed by atoms with van der Waals surface area (Å²) in [4.78, 5) is 50.9. The number of carbonyl (C=O) groups excluding carboxylic acids is 3. The van der Waals surface area contributed by atoms with Gasteiger partial charge in [-0.3, -0.25) is 29.3 Å². The van der Waals surface area contributed by atoms with Crippen molar-refractivity contribution < 1.29 is 28.9 Å². The number of hydrogen-bond donors (Lipinski definition) is 2. The minimum atomic E-state index is -1.07. The molecule has 0 bridgehead atoms. The molecule has 1 saturated heterocycles. The van der Waals surface area contributed by atoms with Crippen LogP contribution in [0.4, 0.5) is 5.69 Å². The number of rotatable bonds is 10. The first-order valence-corrected chi connectivity index (χ1v) is 9.80. The molecule has 0 spiro atoms. The van der Waals surface area contributed by atoms with E-state index in [0.29, 0.717) is 10.7 Å². The monoisotopic (exact) mass is 451 g/mol. The Bertz CT molecular complexity index is 981. The van der Waals surface area contributed by atoms with Gasteiger partial charge in [0.05, 0.1) is 23.3 Å². The topological polar surface area (TPSA) is 180 Å². The lowest BCUT2D eigenvalue weighted by atomic mass is 9.90. The molecule has 1 fully saturated rings. The van der Waals surface area contributed by atoms with Crippen molar-refractivity contribution in [3.63, 3.8) is 0 Å². The lowest BCUT2D eigenvalue weighted by Crippen LogP contribution is -2.65. The Morgan fingerprint density at radius 2 is 2.10 bits per heavy atom. The van der Waals surface area contributed by atoms with Crippen molar-refractivity contribution in [2.45, 2.75) is 17.8 Å². The summed E-state index contributed by atoms with van der Waals surface area (Å²) in [6, 6.07) is 4.91. The molecule has 0 saturated carbocycles. The number of non-ortho nitro benzene ring substituents is 1. The number of amides is 2. The highest BCUT2D eigenvalue weighted by Crippen LogP contribution is 2.18. The summed E-state index contributed by atoms with van der Waals surface area (Å²) in [6.07, 6.45) is 0. The minimum Gasteiger partial charge on any atom is -0.463 e. The molecule has 3 rings (SSSR count). The second-order valence-electron chi connectivity index (χ2n) is 6.33. The van der Waals surface area contributed by atoms with Gasteiger partial charge in [0.1, 0.15) is 12.5 Å². The average Bonchev–Trinajstić information content (AvgIpc) is 3.14. The van der Waals surface area contributed by atoms with Crippen LogP contribution in [0.15, 0.2) is 29.4 Å². The summed E-state index contributed by atoms with van der Waals surface area (Å²) >= 11 is 1.09. The summed E-state index contributed by atoms with van der Waals surface area (Å²) < 4.78 is 6.49. The number of hydroxylamine groups is 1. The zero-order valence-electron chi connectivity index (χ0n) is 16.1. The number of nitro benzene ring substituents is 1. The molecule has 0 aliphatic carbocycles. The van der Waals surface area contributed by atoms with Crippen LogP contribution in [-0.4, -0.2) is 61.3 Å². The number of nitro groups is 1. The molecule has 0 radical (unpaired) electrons. The third-order valence-electron chi connectivity index (χ3n) is 4.18. The molecule has 31 heavy (non-hydrogen) atoms. The van der Waals surface area contributed by atoms with Crippen LogP contribution in [0.5, 0.6) is 0 Å². The van der Waals surface area contributed by atoms with Crippen molar-refractivity contribution in [1.82, 2.24) is 31.0 Å². The molecular formula is C16H17N7O7S. The summed E-state index contributed by atoms with van der Waals surface area (Å²) in [6.45, 7) is -0.228. The van der Waals surface area contributed by atoms with E-state index in [1.807, 2.05) is 0 Å². The van der Waals surface area contributed by atoms with Gasteiger partial charge in [0.15, 0.2) is 0 Å². The van der Waals surface area contributed by atoms with Gasteiger partial charge < -0.3 is 10.1 Å². The molecule has 2 aromatic rings. The molecule has 14 nitrogen and oxygen atoms in total. The van der Waals surface area contributed by atoms with Gasteiger partial charge in [-0.15, -0.1) is 5.10 Å². The predicted octanol–water partition coefficient (Wildman–Crippen LogP) is -0.884. The molecule has 2 amide bonds. The lowest BCUT2D eigenvalue weighted by molar-refractivity contribution is -0.384. The fourth-order valence-electron chi connectivity index (χ4n) is 2.54. The maximum Gasteiger partial charge on any atom is 0.316 e. The molecule has 164 valence electrons. The predicted molar refractivity (Wildman–Crippen MR) is 102 cm³/mol. The van der Waals surface area contributed by atoms with E-state index in [-0.39, 0.29) is 24.7 Å². The van der Waals surface area contributed by atoms with Crippen molar-refractivity contribution in [2.24, 2.45) is 13.0 Å². The first-order chi connectivity index (χ1) is 14.8. The van der Waals surface area contributed by atoms with Crippen LogP contribution >= 0.6 is 11.8 Å². The summed E-state index contributed by atoms with van der Waals surface area (Å²) in [5.74, 6) is -2.87. The standard InChI is InChI=1S/C16H17N7O7S/c1-22-16(18-20-21-22)31-8-12(24)29-7-11-13(14(25)17-11)15(26)19-30-6-9-2-4-10(5-3-9)23(27)28/h2-5,11,13H,6-8H2,1H3,(H,17,25)(H,19,26). The third-order valence-corrected chi connectivity index (χ3v) is 5.16. The normalized spacial score (nSPS) is 17.4. The number of ether oxygens (including phenoxy) is 1. The Labute approximate surface area is 178 Å². The van der Waals surface area contributed by atoms with Gasteiger partial charge in [0.25, 0.3) is 11.6 Å². The lowest BCUT2D eigenvalue weighted by Gasteiger charge is -2.34. The fourth-order valence-corrected chi connectivity index (χ4v) is 3.19. The van der Waals surface area contributed by atoms with E-state index >= 15 is 0 Å². The average molecular weight is 451 g/mol. The smallest absolute Gasteiger partial charge is 0.316 e. The van der Waals surface area contributed by atoms with Gasteiger partial charge in [0.2, 0.25) is 11.1 Å². The molecule has 1 aliphatic rings. The molecular weight excluding hydrogens is 434 g/mol. The zero-order chi connectivity index (χ0) is 22.4. The van der Waals surface area contributed by atoms with Crippen molar-refractivity contribution in [1.29, 1.82) is 0 Å². The fraction of sp³-hybridized carbons (Fsp3) is 0.375. The zero-order valence-corrected chi connectivity index (χ0v) is 16.9. The number of benzene rings is 1. The SMILES string of the molecule is Cn1nnnc1SCC(=O)OCC1NC(=O)C1C(=O)NOCc1ccc([N+](=O)[O-])cc1. The summed E-state index contributed by atoms with van der Waals surface area (Å²) in [5, 5.41) is 24.4. The Hall–Kier alpha value is -3.59. The van der Waals surface area contributed by atoms with Crippen LogP contribution in [0, 0.1) is 16.0 Å². The number of thioether (sulfide) groups is 1. The number of hydrogen-bond acceptors (Lipinski definition) is 11. The molecule has 2 N–H and O–H groups in total. The van der Waals surface area contributed by atoms with Gasteiger partial charge in [-0.05, 0) is 28.1 Å². The number of esters is 1. The highest BCUT2D eigenvalue weighted by Gasteiger charge is 2.45. The van der Waals surface area contributed by atoms with E-state index in [4.69, 9.17) is 9.57 Å². The number of nitrogens with zero attached hydrogens (tertiary/aromatic N) is 5. The maximum absolute atomic E-state index is 12.2. The molecule has 1 aliphatic heterocycles. The number of nitrogens with one attached hydrogen (secondary N) is 2. The largest absolute Gasteiger partial charge is 0.463 e. The highest BCUT2D eigenvalue weighted by atomic mass is 32.2. The third kappa shape index (κ3) is 5.73. The Morgan fingerprint density at radius 3 is 2.71 bits per heavy atom. The van der Waals surface area contributed by atoms with Gasteiger partial charge in [-0.2, -0.15) is 0 Å². The van der Waals surface area contributed by atoms with Crippen LogP contribution in [0.2, 0.25) is 0 Å². The first kappa shape index (κ1) is 22.1. The quantitative estimate of drug-likeness (QED) is 0.114. The van der Waals surface area contributed by atoms with Crippen LogP contribution < -0.4 is 10.8 Å². The summed E-state index contributed by atoms with van der Waals surface area (Å²) in [5.41, 5.74) is 2.69. The van der Waals surface area contributed by atoms with E-state index in [1.54, 1.807) is 7.05 Å². The summed E-state index contributed by atoms with van der Waals surface area (Å²) in [7, 11) is 1.63. The van der Waals surface area contributed by atoms with Gasteiger partial charge in [0, 0.05) is 19.2 Å². The first-order valence-electron chi connectivity index (χ1n) is 8.81. The van der Waals surface area contributed by atoms with Crippen molar-refractivity contribution in [2.75, 3.05) is 12.4 Å². The number of aryl methyl sites for hydroxylation is 1. The van der Waals surface area contributed by atoms with Gasteiger partial charge in [-0.25, -0.2) is 10.2 Å². The van der Waals surface area contributed by atoms with E-state index < -0.39 is 34.7 Å². The van der Waals surface area contributed by atoms with Crippen molar-refractivity contribution in [3.8, 4) is 0 Å². The number of carbonyl (C=O) groups is 3. The van der Waals surface area contributed by atoms with Crippen LogP contribution in [0.1, 0.15) is 5.56 Å².